The Labute approximate surface area is 125 Å². The van der Waals surface area contributed by atoms with Gasteiger partial charge < -0.3 is 5.32 Å². The van der Waals surface area contributed by atoms with Gasteiger partial charge in [0.2, 0.25) is 0 Å². The third-order valence-corrected chi connectivity index (χ3v) is 3.63. The van der Waals surface area contributed by atoms with Crippen molar-refractivity contribution in [3.8, 4) is 0 Å². The third kappa shape index (κ3) is 3.56. The maximum absolute atomic E-state index is 6.24. The summed E-state index contributed by atoms with van der Waals surface area (Å²) in [6, 6.07) is 6.17. The van der Waals surface area contributed by atoms with E-state index in [1.54, 1.807) is 6.20 Å². The number of benzene rings is 1. The lowest BCUT2D eigenvalue weighted by Gasteiger charge is -2.19. The third-order valence-electron chi connectivity index (χ3n) is 3.22. The molecule has 0 bridgehead atoms. The number of rotatable bonds is 5. The molecule has 1 atom stereocenters. The van der Waals surface area contributed by atoms with Crippen LogP contribution in [0.2, 0.25) is 5.02 Å². The Morgan fingerprint density at radius 1 is 1.20 bits per heavy atom. The summed E-state index contributed by atoms with van der Waals surface area (Å²) < 4.78 is 0. The minimum atomic E-state index is 0.0288. The molecule has 0 aliphatic heterocycles. The first-order chi connectivity index (χ1) is 9.61. The normalized spacial score (nSPS) is 12.4. The van der Waals surface area contributed by atoms with Crippen molar-refractivity contribution in [2.45, 2.75) is 33.2 Å². The molecule has 2 aromatic rings. The van der Waals surface area contributed by atoms with Crippen LogP contribution in [0.3, 0.4) is 0 Å². The van der Waals surface area contributed by atoms with Gasteiger partial charge in [-0.3, -0.25) is 9.97 Å². The zero-order valence-electron chi connectivity index (χ0n) is 12.2. The van der Waals surface area contributed by atoms with Crippen LogP contribution < -0.4 is 5.32 Å². The predicted molar refractivity (Wildman–Crippen MR) is 83.1 cm³/mol. The molecule has 0 fully saturated rings. The number of aryl methyl sites for hydroxylation is 2. The highest BCUT2D eigenvalue weighted by molar-refractivity contribution is 6.31. The van der Waals surface area contributed by atoms with Crippen LogP contribution in [0, 0.1) is 13.8 Å². The van der Waals surface area contributed by atoms with Crippen molar-refractivity contribution in [3.05, 3.63) is 58.1 Å². The number of hydrogen-bond donors (Lipinski definition) is 1. The smallest absolute Gasteiger partial charge is 0.0801 e. The lowest BCUT2D eigenvalue weighted by molar-refractivity contribution is 0.584. The highest BCUT2D eigenvalue weighted by Gasteiger charge is 2.15. The molecular formula is C16H20ClN3. The van der Waals surface area contributed by atoms with Gasteiger partial charge in [-0.1, -0.05) is 30.7 Å². The molecule has 1 aromatic heterocycles. The second-order valence-electron chi connectivity index (χ2n) is 4.98. The van der Waals surface area contributed by atoms with Crippen LogP contribution in [0.5, 0.6) is 0 Å². The fourth-order valence-corrected chi connectivity index (χ4v) is 2.21. The summed E-state index contributed by atoms with van der Waals surface area (Å²) in [5.74, 6) is 0. The predicted octanol–water partition coefficient (Wildman–Crippen LogP) is 3.84. The molecule has 0 spiro atoms. The summed E-state index contributed by atoms with van der Waals surface area (Å²) in [6.45, 7) is 7.01. The van der Waals surface area contributed by atoms with E-state index >= 15 is 0 Å². The van der Waals surface area contributed by atoms with Crippen molar-refractivity contribution in [1.29, 1.82) is 0 Å². The molecule has 106 valence electrons. The van der Waals surface area contributed by atoms with Gasteiger partial charge >= 0.3 is 0 Å². The maximum Gasteiger partial charge on any atom is 0.0801 e. The zero-order valence-corrected chi connectivity index (χ0v) is 12.9. The first-order valence-corrected chi connectivity index (χ1v) is 7.27. The van der Waals surface area contributed by atoms with Gasteiger partial charge in [0.05, 0.1) is 23.6 Å². The molecule has 0 amide bonds. The molecule has 1 N–H and O–H groups in total. The van der Waals surface area contributed by atoms with E-state index in [9.17, 15) is 0 Å². The van der Waals surface area contributed by atoms with Crippen LogP contribution in [0.4, 0.5) is 0 Å². The largest absolute Gasteiger partial charge is 0.305 e. The minimum absolute atomic E-state index is 0.0288. The molecule has 1 aromatic carbocycles. The van der Waals surface area contributed by atoms with E-state index in [2.05, 4.69) is 28.3 Å². The van der Waals surface area contributed by atoms with E-state index in [-0.39, 0.29) is 6.04 Å². The van der Waals surface area contributed by atoms with Crippen molar-refractivity contribution in [1.82, 2.24) is 15.3 Å². The second kappa shape index (κ2) is 6.82. The average Bonchev–Trinajstić information content (AvgIpc) is 2.45. The minimum Gasteiger partial charge on any atom is -0.305 e. The zero-order chi connectivity index (χ0) is 14.5. The van der Waals surface area contributed by atoms with Crippen molar-refractivity contribution >= 4 is 11.6 Å². The fourth-order valence-electron chi connectivity index (χ4n) is 2.02. The maximum atomic E-state index is 6.24. The summed E-state index contributed by atoms with van der Waals surface area (Å²) in [5.41, 5.74) is 4.04. The highest BCUT2D eigenvalue weighted by atomic mass is 35.5. The molecule has 20 heavy (non-hydrogen) atoms. The lowest BCUT2D eigenvalue weighted by Crippen LogP contribution is -2.24. The molecule has 0 saturated carbocycles. The SMILES string of the molecule is CCCNC(c1ccc(C)c(Cl)c1)c1cnc(C)cn1. The van der Waals surface area contributed by atoms with Crippen LogP contribution in [-0.4, -0.2) is 16.5 Å². The van der Waals surface area contributed by atoms with E-state index < -0.39 is 0 Å². The van der Waals surface area contributed by atoms with Gasteiger partial charge in [-0.2, -0.15) is 0 Å². The number of aromatic nitrogens is 2. The second-order valence-corrected chi connectivity index (χ2v) is 5.39. The molecule has 0 aliphatic rings. The molecule has 3 nitrogen and oxygen atoms in total. The average molecular weight is 290 g/mol. The topological polar surface area (TPSA) is 37.8 Å². The molecular weight excluding hydrogens is 270 g/mol. The van der Waals surface area contributed by atoms with E-state index in [4.69, 9.17) is 11.6 Å². The molecule has 4 heteroatoms. The van der Waals surface area contributed by atoms with Gasteiger partial charge in [-0.15, -0.1) is 0 Å². The Kier molecular flexibility index (Phi) is 5.10. The van der Waals surface area contributed by atoms with Gasteiger partial charge in [0.15, 0.2) is 0 Å². The monoisotopic (exact) mass is 289 g/mol. The van der Waals surface area contributed by atoms with Crippen molar-refractivity contribution in [2.24, 2.45) is 0 Å². The summed E-state index contributed by atoms with van der Waals surface area (Å²) >= 11 is 6.24. The van der Waals surface area contributed by atoms with Gasteiger partial charge in [-0.25, -0.2) is 0 Å². The Morgan fingerprint density at radius 3 is 2.60 bits per heavy atom. The van der Waals surface area contributed by atoms with Crippen LogP contribution in [0.15, 0.2) is 30.6 Å². The number of halogens is 1. The van der Waals surface area contributed by atoms with E-state index in [0.29, 0.717) is 0 Å². The Balaban J connectivity index is 2.35. The van der Waals surface area contributed by atoms with Crippen molar-refractivity contribution < 1.29 is 0 Å². The van der Waals surface area contributed by atoms with E-state index in [0.717, 1.165) is 40.5 Å². The van der Waals surface area contributed by atoms with Crippen LogP contribution >= 0.6 is 11.6 Å². The molecule has 1 heterocycles. The fraction of sp³-hybridized carbons (Fsp3) is 0.375. The van der Waals surface area contributed by atoms with Gasteiger partial charge in [0, 0.05) is 11.2 Å². The first kappa shape index (κ1) is 14.9. The molecule has 0 aliphatic carbocycles. The van der Waals surface area contributed by atoms with Gasteiger partial charge in [0.25, 0.3) is 0 Å². The Hall–Kier alpha value is -1.45. The first-order valence-electron chi connectivity index (χ1n) is 6.89. The van der Waals surface area contributed by atoms with Crippen molar-refractivity contribution in [2.75, 3.05) is 6.54 Å². The quantitative estimate of drug-likeness (QED) is 0.909. The summed E-state index contributed by atoms with van der Waals surface area (Å²) in [7, 11) is 0. The highest BCUT2D eigenvalue weighted by Crippen LogP contribution is 2.25. The number of hydrogen-bond acceptors (Lipinski definition) is 3. The standard InChI is InChI=1S/C16H20ClN3/c1-4-7-18-16(15-10-19-12(3)9-20-15)13-6-5-11(2)14(17)8-13/h5-6,8-10,16,18H,4,7H2,1-3H3. The molecule has 1 unspecified atom stereocenters. The van der Waals surface area contributed by atoms with Gasteiger partial charge in [0.1, 0.15) is 0 Å². The summed E-state index contributed by atoms with van der Waals surface area (Å²) in [4.78, 5) is 8.83. The lowest BCUT2D eigenvalue weighted by atomic mass is 10.0. The number of nitrogens with zero attached hydrogens (tertiary/aromatic N) is 2. The van der Waals surface area contributed by atoms with Gasteiger partial charge in [-0.05, 0) is 44.0 Å². The summed E-state index contributed by atoms with van der Waals surface area (Å²) in [5, 5.41) is 4.29. The number of nitrogens with one attached hydrogen (secondary N) is 1. The van der Waals surface area contributed by atoms with Crippen LogP contribution in [-0.2, 0) is 0 Å². The molecule has 0 radical (unpaired) electrons. The Bertz CT molecular complexity index is 566. The van der Waals surface area contributed by atoms with E-state index in [1.807, 2.05) is 32.2 Å². The van der Waals surface area contributed by atoms with Crippen LogP contribution in [0.25, 0.3) is 0 Å². The van der Waals surface area contributed by atoms with Crippen molar-refractivity contribution in [3.63, 3.8) is 0 Å². The summed E-state index contributed by atoms with van der Waals surface area (Å²) in [6.07, 6.45) is 4.69. The Morgan fingerprint density at radius 2 is 2.00 bits per heavy atom. The van der Waals surface area contributed by atoms with E-state index in [1.165, 1.54) is 0 Å². The molecule has 2 rings (SSSR count). The van der Waals surface area contributed by atoms with Crippen LogP contribution in [0.1, 0.15) is 41.9 Å². The molecule has 0 saturated heterocycles.